The largest absolute Gasteiger partial charge is 0.439 e. The first-order valence-corrected chi connectivity index (χ1v) is 7.61. The Bertz CT molecular complexity index is 599. The molecule has 2 saturated heterocycles. The Balaban J connectivity index is 1.67. The number of ether oxygens (including phenoxy) is 1. The van der Waals surface area contributed by atoms with E-state index in [1.165, 1.54) is 11.8 Å². The van der Waals surface area contributed by atoms with Crippen molar-refractivity contribution in [3.05, 3.63) is 23.9 Å². The quantitative estimate of drug-likeness (QED) is 0.761. The van der Waals surface area contributed by atoms with E-state index < -0.39 is 6.09 Å². The third-order valence-corrected chi connectivity index (χ3v) is 4.21. The number of amides is 3. The van der Waals surface area contributed by atoms with Crippen LogP contribution in [0.1, 0.15) is 10.4 Å². The van der Waals surface area contributed by atoms with Gasteiger partial charge in [-0.2, -0.15) is 0 Å². The maximum atomic E-state index is 12.4. The first-order valence-electron chi connectivity index (χ1n) is 6.39. The van der Waals surface area contributed by atoms with Crippen molar-refractivity contribution in [2.24, 2.45) is 0 Å². The molecule has 2 aliphatic heterocycles. The van der Waals surface area contributed by atoms with Crippen LogP contribution in [0.2, 0.25) is 0 Å². The van der Waals surface area contributed by atoms with Gasteiger partial charge < -0.3 is 9.64 Å². The van der Waals surface area contributed by atoms with Crippen LogP contribution in [0.4, 0.5) is 4.79 Å². The van der Waals surface area contributed by atoms with Crippen LogP contribution in [0.3, 0.4) is 0 Å². The van der Waals surface area contributed by atoms with Crippen molar-refractivity contribution in [1.29, 1.82) is 0 Å². The molecule has 21 heavy (non-hydrogen) atoms. The highest BCUT2D eigenvalue weighted by Crippen LogP contribution is 2.24. The predicted molar refractivity (Wildman–Crippen MR) is 73.9 cm³/mol. The van der Waals surface area contributed by atoms with Crippen LogP contribution in [0.25, 0.3) is 0 Å². The summed E-state index contributed by atoms with van der Waals surface area (Å²) in [5.74, 6) is -0.480. The molecular weight excluding hydrogens is 294 g/mol. The molecule has 7 nitrogen and oxygen atoms in total. The van der Waals surface area contributed by atoms with E-state index in [9.17, 15) is 14.4 Å². The molecule has 2 fully saturated rings. The minimum absolute atomic E-state index is 0.135. The minimum Gasteiger partial charge on any atom is -0.439 e. The fourth-order valence-corrected chi connectivity index (χ4v) is 2.93. The lowest BCUT2D eigenvalue weighted by Crippen LogP contribution is -2.62. The molecule has 0 saturated carbocycles. The molecule has 0 unspecified atom stereocenters. The topological polar surface area (TPSA) is 79.8 Å². The van der Waals surface area contributed by atoms with Gasteiger partial charge in [-0.25, -0.2) is 14.7 Å². The SMILES string of the molecule is CSc1ncccc1C(=O)N1CC(N2C(=O)COC2=O)C1. The zero-order chi connectivity index (χ0) is 15.0. The summed E-state index contributed by atoms with van der Waals surface area (Å²) < 4.78 is 4.67. The third kappa shape index (κ3) is 2.35. The highest BCUT2D eigenvalue weighted by Gasteiger charge is 2.44. The Labute approximate surface area is 125 Å². The van der Waals surface area contributed by atoms with Crippen molar-refractivity contribution in [3.63, 3.8) is 0 Å². The van der Waals surface area contributed by atoms with Crippen molar-refractivity contribution >= 4 is 29.7 Å². The van der Waals surface area contributed by atoms with Crippen LogP contribution in [0.5, 0.6) is 0 Å². The summed E-state index contributed by atoms with van der Waals surface area (Å²) in [5.41, 5.74) is 0.541. The number of imide groups is 1. The first kappa shape index (κ1) is 13.9. The summed E-state index contributed by atoms with van der Waals surface area (Å²) in [7, 11) is 0. The molecule has 3 rings (SSSR count). The van der Waals surface area contributed by atoms with Crippen molar-refractivity contribution < 1.29 is 19.1 Å². The second kappa shape index (κ2) is 5.36. The van der Waals surface area contributed by atoms with E-state index in [1.54, 1.807) is 23.2 Å². The maximum Gasteiger partial charge on any atom is 0.417 e. The Hall–Kier alpha value is -2.09. The number of rotatable bonds is 3. The van der Waals surface area contributed by atoms with Gasteiger partial charge in [-0.05, 0) is 18.4 Å². The van der Waals surface area contributed by atoms with Gasteiger partial charge in [0, 0.05) is 19.3 Å². The second-order valence-electron chi connectivity index (χ2n) is 4.74. The fraction of sp³-hybridized carbons (Fsp3) is 0.385. The molecule has 0 aromatic carbocycles. The standard InChI is InChI=1S/C13H13N3O4S/c1-21-11-9(3-2-4-14-11)12(18)15-5-8(6-15)16-10(17)7-20-13(16)19/h2-4,8H,5-7H2,1H3. The van der Waals surface area contributed by atoms with E-state index in [0.29, 0.717) is 23.7 Å². The maximum absolute atomic E-state index is 12.4. The number of pyridine rings is 1. The summed E-state index contributed by atoms with van der Waals surface area (Å²) in [6.07, 6.45) is 2.88. The van der Waals surface area contributed by atoms with E-state index >= 15 is 0 Å². The zero-order valence-electron chi connectivity index (χ0n) is 11.3. The van der Waals surface area contributed by atoms with E-state index in [-0.39, 0.29) is 24.5 Å². The van der Waals surface area contributed by atoms with Gasteiger partial charge in [0.05, 0.1) is 11.6 Å². The normalized spacial score (nSPS) is 18.7. The van der Waals surface area contributed by atoms with Crippen molar-refractivity contribution in [2.75, 3.05) is 26.0 Å². The molecule has 0 radical (unpaired) electrons. The van der Waals surface area contributed by atoms with E-state index in [2.05, 4.69) is 9.72 Å². The number of likely N-dealkylation sites (tertiary alicyclic amines) is 1. The third-order valence-electron chi connectivity index (χ3n) is 3.49. The lowest BCUT2D eigenvalue weighted by Gasteiger charge is -2.42. The average molecular weight is 307 g/mol. The summed E-state index contributed by atoms with van der Waals surface area (Å²) in [5, 5.41) is 0.669. The molecule has 0 spiro atoms. The van der Waals surface area contributed by atoms with Gasteiger partial charge in [0.25, 0.3) is 11.8 Å². The van der Waals surface area contributed by atoms with Crippen molar-refractivity contribution in [3.8, 4) is 0 Å². The van der Waals surface area contributed by atoms with Gasteiger partial charge in [0.15, 0.2) is 6.61 Å². The Morgan fingerprint density at radius 3 is 2.81 bits per heavy atom. The number of nitrogens with zero attached hydrogens (tertiary/aromatic N) is 3. The van der Waals surface area contributed by atoms with Crippen molar-refractivity contribution in [2.45, 2.75) is 11.1 Å². The summed E-state index contributed by atoms with van der Waals surface area (Å²) in [6, 6.07) is 3.15. The van der Waals surface area contributed by atoms with Crippen LogP contribution in [0, 0.1) is 0 Å². The number of hydrogen-bond donors (Lipinski definition) is 0. The average Bonchev–Trinajstić information content (AvgIpc) is 2.77. The highest BCUT2D eigenvalue weighted by molar-refractivity contribution is 7.98. The predicted octanol–water partition coefficient (Wildman–Crippen LogP) is 0.607. The van der Waals surface area contributed by atoms with Crippen LogP contribution in [-0.4, -0.2) is 64.7 Å². The minimum atomic E-state index is -0.622. The molecule has 0 N–H and O–H groups in total. The number of carbonyl (C=O) groups excluding carboxylic acids is 3. The summed E-state index contributed by atoms with van der Waals surface area (Å²) in [6.45, 7) is 0.466. The van der Waals surface area contributed by atoms with Gasteiger partial charge in [-0.3, -0.25) is 9.59 Å². The molecular formula is C13H13N3O4S. The zero-order valence-corrected chi connectivity index (χ0v) is 12.1. The number of carbonyl (C=O) groups is 3. The van der Waals surface area contributed by atoms with Crippen LogP contribution >= 0.6 is 11.8 Å². The Morgan fingerprint density at radius 2 is 2.19 bits per heavy atom. The molecule has 0 atom stereocenters. The van der Waals surface area contributed by atoms with Crippen molar-refractivity contribution in [1.82, 2.24) is 14.8 Å². The lowest BCUT2D eigenvalue weighted by atomic mass is 10.1. The summed E-state index contributed by atoms with van der Waals surface area (Å²) in [4.78, 5) is 42.2. The van der Waals surface area contributed by atoms with Gasteiger partial charge in [-0.15, -0.1) is 11.8 Å². The van der Waals surface area contributed by atoms with Crippen LogP contribution in [0.15, 0.2) is 23.4 Å². The number of hydrogen-bond acceptors (Lipinski definition) is 6. The number of aromatic nitrogens is 1. The lowest BCUT2D eigenvalue weighted by molar-refractivity contribution is -0.129. The molecule has 3 amide bonds. The molecule has 0 aliphatic carbocycles. The highest BCUT2D eigenvalue weighted by atomic mass is 32.2. The fourth-order valence-electron chi connectivity index (χ4n) is 2.39. The molecule has 1 aromatic heterocycles. The smallest absolute Gasteiger partial charge is 0.417 e. The molecule has 110 valence electrons. The van der Waals surface area contributed by atoms with Crippen LogP contribution < -0.4 is 0 Å². The Kier molecular flexibility index (Phi) is 3.54. The van der Waals surface area contributed by atoms with Crippen LogP contribution in [-0.2, 0) is 9.53 Å². The van der Waals surface area contributed by atoms with Gasteiger partial charge >= 0.3 is 6.09 Å². The number of cyclic esters (lactones) is 1. The molecule has 0 bridgehead atoms. The molecule has 2 aliphatic rings. The van der Waals surface area contributed by atoms with E-state index in [4.69, 9.17) is 0 Å². The van der Waals surface area contributed by atoms with Gasteiger partial charge in [0.1, 0.15) is 5.03 Å². The van der Waals surface area contributed by atoms with E-state index in [0.717, 1.165) is 4.90 Å². The van der Waals surface area contributed by atoms with Gasteiger partial charge in [0.2, 0.25) is 0 Å². The molecule has 8 heteroatoms. The first-order chi connectivity index (χ1) is 10.1. The number of thioether (sulfide) groups is 1. The second-order valence-corrected chi connectivity index (χ2v) is 5.54. The van der Waals surface area contributed by atoms with E-state index in [1.807, 2.05) is 6.26 Å². The molecule has 3 heterocycles. The monoisotopic (exact) mass is 307 g/mol. The summed E-state index contributed by atoms with van der Waals surface area (Å²) >= 11 is 1.41. The Morgan fingerprint density at radius 1 is 1.43 bits per heavy atom. The van der Waals surface area contributed by atoms with Gasteiger partial charge in [-0.1, -0.05) is 0 Å². The molecule has 1 aromatic rings.